The summed E-state index contributed by atoms with van der Waals surface area (Å²) in [6.07, 6.45) is 0. The normalized spacial score (nSPS) is 12.3. The van der Waals surface area contributed by atoms with Crippen LogP contribution < -0.4 is 26.2 Å². The molecule has 0 spiro atoms. The molecule has 12 rings (SSSR count). The lowest BCUT2D eigenvalue weighted by atomic mass is 9.33. The summed E-state index contributed by atoms with van der Waals surface area (Å²) in [5.74, 6) is 0. The second-order valence-corrected chi connectivity index (χ2v) is 16.5. The largest absolute Gasteiger partial charge is 0.311 e. The lowest BCUT2D eigenvalue weighted by molar-refractivity contribution is 1.25. The Bertz CT molecular complexity index is 3280. The summed E-state index contributed by atoms with van der Waals surface area (Å²) in [6, 6.07) is 91.2. The van der Waals surface area contributed by atoms with Crippen molar-refractivity contribution in [2.24, 2.45) is 0 Å². The molecule has 3 heteroatoms. The van der Waals surface area contributed by atoms with Crippen LogP contribution in [0.5, 0.6) is 0 Å². The highest BCUT2D eigenvalue weighted by molar-refractivity contribution is 7.00. The molecule has 0 atom stereocenters. The van der Waals surface area contributed by atoms with Crippen molar-refractivity contribution in [1.82, 2.24) is 0 Å². The van der Waals surface area contributed by atoms with Crippen molar-refractivity contribution in [1.29, 1.82) is 0 Å². The van der Waals surface area contributed by atoms with Gasteiger partial charge in [-0.15, -0.1) is 0 Å². The number of benzene rings is 10. The van der Waals surface area contributed by atoms with Crippen molar-refractivity contribution in [2.45, 2.75) is 0 Å². The van der Waals surface area contributed by atoms with E-state index < -0.39 is 0 Å². The van der Waals surface area contributed by atoms with Crippen molar-refractivity contribution in [3.63, 3.8) is 0 Å². The molecule has 0 N–H and O–H groups in total. The van der Waals surface area contributed by atoms with E-state index in [9.17, 15) is 0 Å². The Kier molecular flexibility index (Phi) is 8.97. The minimum Gasteiger partial charge on any atom is -0.311 e. The van der Waals surface area contributed by atoms with E-state index in [2.05, 4.69) is 259 Å². The first kappa shape index (κ1) is 36.7. The number of hydrogen-bond donors (Lipinski definition) is 0. The van der Waals surface area contributed by atoms with E-state index in [-0.39, 0.29) is 6.71 Å². The fraction of sp³-hybridized carbons (Fsp3) is 0. The molecule has 2 aliphatic heterocycles. The van der Waals surface area contributed by atoms with E-state index in [1.54, 1.807) is 0 Å². The Morgan fingerprint density at radius 1 is 0.238 bits per heavy atom. The summed E-state index contributed by atoms with van der Waals surface area (Å²) in [4.78, 5) is 5.10. The molecule has 2 nitrogen and oxygen atoms in total. The van der Waals surface area contributed by atoms with Crippen LogP contribution >= 0.6 is 0 Å². The minimum absolute atomic E-state index is 0.0491. The maximum atomic E-state index is 2.55. The molecule has 0 aliphatic carbocycles. The summed E-state index contributed by atoms with van der Waals surface area (Å²) >= 11 is 0. The van der Waals surface area contributed by atoms with Gasteiger partial charge in [0.1, 0.15) is 0 Å². The third-order valence-electron chi connectivity index (χ3n) is 12.8. The predicted molar refractivity (Wildman–Crippen MR) is 268 cm³/mol. The van der Waals surface area contributed by atoms with E-state index in [0.29, 0.717) is 0 Å². The first-order valence-electron chi connectivity index (χ1n) is 21.8. The van der Waals surface area contributed by atoms with Gasteiger partial charge in [0.25, 0.3) is 6.71 Å². The Hall–Kier alpha value is -8.14. The summed E-state index contributed by atoms with van der Waals surface area (Å²) in [5, 5.41) is 0. The summed E-state index contributed by atoms with van der Waals surface area (Å²) in [5.41, 5.74) is 22.7. The van der Waals surface area contributed by atoms with Gasteiger partial charge >= 0.3 is 0 Å². The van der Waals surface area contributed by atoms with Gasteiger partial charge in [0.15, 0.2) is 0 Å². The molecule has 2 aliphatic rings. The average molecular weight is 801 g/mol. The monoisotopic (exact) mass is 800 g/mol. The van der Waals surface area contributed by atoms with Crippen LogP contribution in [0.25, 0.3) is 55.6 Å². The fourth-order valence-electron chi connectivity index (χ4n) is 9.94. The van der Waals surface area contributed by atoms with Gasteiger partial charge in [-0.2, -0.15) is 0 Å². The molecule has 294 valence electrons. The molecule has 10 aromatic carbocycles. The number of anilines is 6. The Morgan fingerprint density at radius 3 is 1.32 bits per heavy atom. The zero-order valence-corrected chi connectivity index (χ0v) is 34.6. The van der Waals surface area contributed by atoms with Crippen LogP contribution in [0.2, 0.25) is 0 Å². The van der Waals surface area contributed by atoms with Crippen LogP contribution in [0.4, 0.5) is 34.1 Å². The third kappa shape index (κ3) is 6.37. The number of fused-ring (bicyclic) bond motifs is 4. The molecular weight excluding hydrogens is 759 g/mol. The second-order valence-electron chi connectivity index (χ2n) is 16.5. The Labute approximate surface area is 369 Å². The molecule has 0 saturated heterocycles. The highest BCUT2D eigenvalue weighted by atomic mass is 15.2. The molecular formula is C60H41BN2. The lowest BCUT2D eigenvalue weighted by Gasteiger charge is -2.45. The van der Waals surface area contributed by atoms with Crippen LogP contribution in [0.1, 0.15) is 0 Å². The Morgan fingerprint density at radius 2 is 0.698 bits per heavy atom. The first-order chi connectivity index (χ1) is 31.3. The van der Waals surface area contributed by atoms with Crippen LogP contribution in [-0.2, 0) is 0 Å². The van der Waals surface area contributed by atoms with Gasteiger partial charge in [0.05, 0.1) is 5.69 Å². The van der Waals surface area contributed by atoms with Gasteiger partial charge < -0.3 is 9.80 Å². The second kappa shape index (κ2) is 15.4. The predicted octanol–water partition coefficient (Wildman–Crippen LogP) is 14.1. The molecule has 0 bridgehead atoms. The highest BCUT2D eigenvalue weighted by Gasteiger charge is 2.44. The summed E-state index contributed by atoms with van der Waals surface area (Å²) in [6.45, 7) is -0.0491. The van der Waals surface area contributed by atoms with Crippen molar-refractivity contribution >= 4 is 57.2 Å². The fourth-order valence-corrected chi connectivity index (χ4v) is 9.94. The smallest absolute Gasteiger partial charge is 0.252 e. The summed E-state index contributed by atoms with van der Waals surface area (Å²) < 4.78 is 0. The van der Waals surface area contributed by atoms with E-state index in [1.165, 1.54) is 94.8 Å². The van der Waals surface area contributed by atoms with Crippen molar-refractivity contribution in [3.05, 3.63) is 249 Å². The van der Waals surface area contributed by atoms with Gasteiger partial charge in [-0.05, 0) is 109 Å². The average Bonchev–Trinajstić information content (AvgIpc) is 3.37. The van der Waals surface area contributed by atoms with Crippen LogP contribution in [0, 0.1) is 0 Å². The van der Waals surface area contributed by atoms with E-state index in [0.717, 1.165) is 11.4 Å². The standard InChI is InChI=1S/C60H41BN2/c1-6-19-42(20-7-1)47-29-18-30-51(37-47)62-57-39-49(44-23-10-3-11-24-44)33-35-53(57)61-54-38-48(43-21-8-2-9-22-43)34-36-56(54)63(55-32-17-16-31-52(55)46-27-14-5-15-28-46)59-41-50(40-58(62)60(59)61)45-25-12-4-13-26-45/h1-41H. The topological polar surface area (TPSA) is 6.48 Å². The molecule has 0 fully saturated rings. The van der Waals surface area contributed by atoms with Gasteiger partial charge in [0.2, 0.25) is 0 Å². The third-order valence-corrected chi connectivity index (χ3v) is 12.8. The van der Waals surface area contributed by atoms with E-state index >= 15 is 0 Å². The van der Waals surface area contributed by atoms with Crippen molar-refractivity contribution in [3.8, 4) is 55.6 Å². The van der Waals surface area contributed by atoms with Crippen LogP contribution in [0.15, 0.2) is 249 Å². The molecule has 2 heterocycles. The molecule has 0 unspecified atom stereocenters. The minimum atomic E-state index is -0.0491. The Balaban J connectivity index is 1.20. The van der Waals surface area contributed by atoms with Gasteiger partial charge in [-0.1, -0.05) is 206 Å². The molecule has 0 radical (unpaired) electrons. The lowest BCUT2D eigenvalue weighted by Crippen LogP contribution is -2.61. The number of hydrogen-bond acceptors (Lipinski definition) is 2. The number of para-hydroxylation sites is 1. The molecule has 0 amide bonds. The zero-order chi connectivity index (χ0) is 41.7. The van der Waals surface area contributed by atoms with Gasteiger partial charge in [0, 0.05) is 34.0 Å². The first-order valence-corrected chi connectivity index (χ1v) is 21.8. The molecule has 0 saturated carbocycles. The van der Waals surface area contributed by atoms with Gasteiger partial charge in [-0.25, -0.2) is 0 Å². The number of rotatable bonds is 7. The van der Waals surface area contributed by atoms with Crippen molar-refractivity contribution in [2.75, 3.05) is 9.80 Å². The highest BCUT2D eigenvalue weighted by Crippen LogP contribution is 2.49. The maximum absolute atomic E-state index is 2.55. The zero-order valence-electron chi connectivity index (χ0n) is 34.6. The quantitative estimate of drug-likeness (QED) is 0.148. The molecule has 10 aromatic rings. The summed E-state index contributed by atoms with van der Waals surface area (Å²) in [7, 11) is 0. The number of nitrogens with zero attached hydrogens (tertiary/aromatic N) is 2. The van der Waals surface area contributed by atoms with Crippen molar-refractivity contribution < 1.29 is 0 Å². The van der Waals surface area contributed by atoms with Crippen LogP contribution in [-0.4, -0.2) is 6.71 Å². The van der Waals surface area contributed by atoms with E-state index in [1.807, 2.05) is 0 Å². The SMILES string of the molecule is c1ccc(-c2cccc(N3c4cc(-c5ccccc5)ccc4B4c5cc(-c6ccccc6)ccc5N(c5ccccc5-c5ccccc5)c5cc(-c6ccccc6)cc3c54)c2)cc1. The molecule has 63 heavy (non-hydrogen) atoms. The molecule has 0 aromatic heterocycles. The van der Waals surface area contributed by atoms with E-state index in [4.69, 9.17) is 0 Å². The van der Waals surface area contributed by atoms with Crippen LogP contribution in [0.3, 0.4) is 0 Å². The maximum Gasteiger partial charge on any atom is 0.252 e. The van der Waals surface area contributed by atoms with Gasteiger partial charge in [-0.3, -0.25) is 0 Å².